The predicted octanol–water partition coefficient (Wildman–Crippen LogP) is -1.70. The van der Waals surface area contributed by atoms with E-state index in [-0.39, 0.29) is 51.6 Å². The molecule has 0 bridgehead atoms. The molecule has 0 amide bonds. The molecule has 3 aromatic rings. The smallest absolute Gasteiger partial charge is 0.744 e. The van der Waals surface area contributed by atoms with Gasteiger partial charge >= 0.3 is 39.7 Å². The van der Waals surface area contributed by atoms with E-state index in [4.69, 9.17) is 4.18 Å². The maximum Gasteiger partial charge on any atom is 1.00 e. The van der Waals surface area contributed by atoms with Crippen LogP contribution in [-0.2, 0) is 24.4 Å². The molecule has 0 unspecified atom stereocenters. The van der Waals surface area contributed by atoms with Crippen LogP contribution < -0.4 is 29.6 Å². The molecule has 0 saturated heterocycles. The molecule has 0 radical (unpaired) electrons. The van der Waals surface area contributed by atoms with Crippen LogP contribution in [0.4, 0.5) is 0 Å². The third-order valence-electron chi connectivity index (χ3n) is 4.32. The van der Waals surface area contributed by atoms with Crippen LogP contribution in [0.3, 0.4) is 0 Å². The molecule has 2 aromatic carbocycles. The Morgan fingerprint density at radius 1 is 0.867 bits per heavy atom. The van der Waals surface area contributed by atoms with E-state index in [1.54, 1.807) is 6.07 Å². The fraction of sp³-hybridized carbons (Fsp3) is 0.0556. The van der Waals surface area contributed by atoms with Crippen molar-refractivity contribution in [2.45, 2.75) is 16.0 Å². The standard InChI is InChI=1S/C18H11NO8S2.Na/c20-15-11-6-2-3-7-12(11)16(21)17(15)27-29(25,26)18-14(28(22,23)24)9-10-5-1-4-8-13(10)19-18;/h1-9,17H,(H,22,23,24);/q;+1/p-1. The molecule has 0 spiro atoms. The first-order valence-electron chi connectivity index (χ1n) is 8.06. The summed E-state index contributed by atoms with van der Waals surface area (Å²) in [6, 6.07) is 12.4. The fourth-order valence-electron chi connectivity index (χ4n) is 3.01. The van der Waals surface area contributed by atoms with E-state index in [0.717, 1.165) is 6.07 Å². The van der Waals surface area contributed by atoms with E-state index in [2.05, 4.69) is 4.98 Å². The van der Waals surface area contributed by atoms with Crippen LogP contribution in [0.5, 0.6) is 0 Å². The van der Waals surface area contributed by atoms with Crippen LogP contribution in [-0.4, -0.2) is 44.0 Å². The maximum absolute atomic E-state index is 12.7. The molecule has 0 aliphatic heterocycles. The minimum absolute atomic E-state index is 0. The van der Waals surface area contributed by atoms with Crippen molar-refractivity contribution in [2.75, 3.05) is 0 Å². The van der Waals surface area contributed by atoms with Crippen molar-refractivity contribution in [1.29, 1.82) is 0 Å². The van der Waals surface area contributed by atoms with Crippen molar-refractivity contribution in [2.24, 2.45) is 0 Å². The van der Waals surface area contributed by atoms with Gasteiger partial charge in [0.25, 0.3) is 0 Å². The van der Waals surface area contributed by atoms with E-state index in [0.29, 0.717) is 0 Å². The Labute approximate surface area is 193 Å². The van der Waals surface area contributed by atoms with Crippen molar-refractivity contribution in [1.82, 2.24) is 4.98 Å². The molecule has 0 N–H and O–H groups in total. The predicted molar refractivity (Wildman–Crippen MR) is 96.9 cm³/mol. The van der Waals surface area contributed by atoms with Gasteiger partial charge in [0.15, 0.2) is 0 Å². The number of hydrogen-bond acceptors (Lipinski definition) is 9. The summed E-state index contributed by atoms with van der Waals surface area (Å²) in [6.07, 6.45) is -2.02. The molecule has 0 fully saturated rings. The van der Waals surface area contributed by atoms with Crippen molar-refractivity contribution in [3.05, 3.63) is 65.7 Å². The van der Waals surface area contributed by atoms with Gasteiger partial charge in [0.2, 0.25) is 22.7 Å². The molecule has 0 atom stereocenters. The zero-order valence-corrected chi connectivity index (χ0v) is 18.9. The maximum atomic E-state index is 12.7. The minimum atomic E-state index is -5.26. The van der Waals surface area contributed by atoms with Crippen molar-refractivity contribution < 1.29 is 64.7 Å². The Morgan fingerprint density at radius 2 is 1.40 bits per heavy atom. The summed E-state index contributed by atoms with van der Waals surface area (Å²) >= 11 is 0. The summed E-state index contributed by atoms with van der Waals surface area (Å²) in [5.74, 6) is -1.78. The number of Topliss-reactive ketones (excluding diaryl/α,β-unsaturated/α-hetero) is 2. The van der Waals surface area contributed by atoms with Crippen LogP contribution in [0.1, 0.15) is 20.7 Å². The van der Waals surface area contributed by atoms with Crippen LogP contribution in [0.25, 0.3) is 10.9 Å². The second-order valence-corrected chi connectivity index (χ2v) is 8.98. The number of rotatable bonds is 4. The third-order valence-corrected chi connectivity index (χ3v) is 6.53. The molecule has 1 aromatic heterocycles. The summed E-state index contributed by atoms with van der Waals surface area (Å²) in [5, 5.41) is -0.968. The van der Waals surface area contributed by atoms with Gasteiger partial charge in [0.1, 0.15) is 10.1 Å². The number of ketones is 2. The molecule has 12 heteroatoms. The van der Waals surface area contributed by atoms with Gasteiger partial charge in [-0.25, -0.2) is 17.6 Å². The average Bonchev–Trinajstić information content (AvgIpc) is 2.91. The number of carbonyl (C=O) groups excluding carboxylic acids is 2. The van der Waals surface area contributed by atoms with Gasteiger partial charge in [0.05, 0.1) is 10.4 Å². The number of benzene rings is 2. The Kier molecular flexibility index (Phi) is 6.00. The Bertz CT molecular complexity index is 1380. The summed E-state index contributed by atoms with van der Waals surface area (Å²) in [6.45, 7) is 0. The first-order valence-corrected chi connectivity index (χ1v) is 10.9. The Morgan fingerprint density at radius 3 is 1.97 bits per heavy atom. The normalized spacial score (nSPS) is 14.6. The number of carbonyl (C=O) groups is 2. The fourth-order valence-corrected chi connectivity index (χ4v) is 5.19. The van der Waals surface area contributed by atoms with Crippen molar-refractivity contribution in [3.63, 3.8) is 0 Å². The molecule has 4 rings (SSSR count). The SMILES string of the molecule is O=C1c2ccccc2C(=O)C1OS(=O)(=O)c1nc2ccccc2cc1S(=O)(=O)[O-].[Na+]. The van der Waals surface area contributed by atoms with Crippen LogP contribution in [0.15, 0.2) is 64.5 Å². The van der Waals surface area contributed by atoms with Crippen LogP contribution in [0, 0.1) is 0 Å². The van der Waals surface area contributed by atoms with E-state index in [1.165, 1.54) is 42.5 Å². The zero-order chi connectivity index (χ0) is 21.0. The summed E-state index contributed by atoms with van der Waals surface area (Å²) in [7, 11) is -10.3. The van der Waals surface area contributed by atoms with Gasteiger partial charge in [0, 0.05) is 16.5 Å². The summed E-state index contributed by atoms with van der Waals surface area (Å²) in [5.41, 5.74) is 0.0520. The van der Waals surface area contributed by atoms with E-state index in [1.807, 2.05) is 0 Å². The molecular formula is C18H10NNaO8S2. The summed E-state index contributed by atoms with van der Waals surface area (Å²) in [4.78, 5) is 27.4. The van der Waals surface area contributed by atoms with Gasteiger partial charge in [-0.1, -0.05) is 42.5 Å². The van der Waals surface area contributed by atoms with Gasteiger partial charge < -0.3 is 4.55 Å². The second-order valence-electron chi connectivity index (χ2n) is 6.14. The van der Waals surface area contributed by atoms with Gasteiger partial charge in [-0.2, -0.15) is 8.42 Å². The number of hydrogen-bond donors (Lipinski definition) is 0. The van der Waals surface area contributed by atoms with Crippen molar-refractivity contribution in [3.8, 4) is 0 Å². The first kappa shape index (κ1) is 22.7. The third kappa shape index (κ3) is 3.85. The zero-order valence-electron chi connectivity index (χ0n) is 15.3. The van der Waals surface area contributed by atoms with Crippen LogP contribution in [0.2, 0.25) is 0 Å². The molecule has 30 heavy (non-hydrogen) atoms. The quantitative estimate of drug-likeness (QED) is 0.194. The van der Waals surface area contributed by atoms with E-state index < -0.39 is 47.8 Å². The van der Waals surface area contributed by atoms with E-state index >= 15 is 0 Å². The first-order chi connectivity index (χ1) is 13.6. The minimum Gasteiger partial charge on any atom is -0.744 e. The number of fused-ring (bicyclic) bond motifs is 2. The number of para-hydroxylation sites is 1. The van der Waals surface area contributed by atoms with E-state index in [9.17, 15) is 31.0 Å². The Hall–Kier alpha value is -1.99. The number of aromatic nitrogens is 1. The number of nitrogens with zero attached hydrogens (tertiary/aromatic N) is 1. The van der Waals surface area contributed by atoms with Crippen molar-refractivity contribution >= 4 is 42.7 Å². The molecule has 0 saturated carbocycles. The molecular weight excluding hydrogens is 445 g/mol. The summed E-state index contributed by atoms with van der Waals surface area (Å²) < 4.78 is 65.2. The van der Waals surface area contributed by atoms with Crippen LogP contribution >= 0.6 is 0 Å². The molecule has 1 heterocycles. The monoisotopic (exact) mass is 455 g/mol. The molecule has 9 nitrogen and oxygen atoms in total. The number of pyridine rings is 1. The molecule has 1 aliphatic rings. The molecule has 148 valence electrons. The Balaban J connectivity index is 0.00000256. The second kappa shape index (κ2) is 7.93. The topological polar surface area (TPSA) is 148 Å². The largest absolute Gasteiger partial charge is 1.00 e. The van der Waals surface area contributed by atoms with Gasteiger partial charge in [-0.15, -0.1) is 0 Å². The van der Waals surface area contributed by atoms with Gasteiger partial charge in [-0.05, 0) is 12.1 Å². The van der Waals surface area contributed by atoms with Gasteiger partial charge in [-0.3, -0.25) is 9.59 Å². The average molecular weight is 455 g/mol. The molecule has 1 aliphatic carbocycles.